The van der Waals surface area contributed by atoms with E-state index in [1.807, 2.05) is 0 Å². The van der Waals surface area contributed by atoms with E-state index in [1.165, 1.54) is 51.8 Å². The van der Waals surface area contributed by atoms with Gasteiger partial charge in [0.25, 0.3) is 0 Å². The zero-order valence-electron chi connectivity index (χ0n) is 12.6. The molecule has 1 heterocycles. The molecule has 0 radical (unpaired) electrons. The van der Waals surface area contributed by atoms with Crippen molar-refractivity contribution in [1.82, 2.24) is 3.28 Å². The predicted octanol–water partition coefficient (Wildman–Crippen LogP) is 5.09. The summed E-state index contributed by atoms with van der Waals surface area (Å²) in [4.78, 5) is 5.93. The van der Waals surface area contributed by atoms with Crippen LogP contribution >= 0.6 is 0 Å². The Morgan fingerprint density at radius 1 is 0.944 bits per heavy atom. The predicted molar refractivity (Wildman–Crippen MR) is 81.8 cm³/mol. The van der Waals surface area contributed by atoms with E-state index < -0.39 is 18.7 Å². The van der Waals surface area contributed by atoms with Crippen LogP contribution in [-0.4, -0.2) is 28.5 Å². The minimum atomic E-state index is -2.25. The second kappa shape index (κ2) is 9.24. The quantitative estimate of drug-likeness (QED) is 0.503. The Bertz CT molecular complexity index is 221. The van der Waals surface area contributed by atoms with Crippen molar-refractivity contribution >= 4 is 18.7 Å². The molecule has 1 rings (SSSR count). The van der Waals surface area contributed by atoms with Crippen molar-refractivity contribution in [3.8, 4) is 0 Å². The van der Waals surface area contributed by atoms with Gasteiger partial charge in [-0.2, -0.15) is 0 Å². The third kappa shape index (κ3) is 4.76. The van der Waals surface area contributed by atoms with Gasteiger partial charge in [-0.1, -0.05) is 0 Å². The summed E-state index contributed by atoms with van der Waals surface area (Å²) in [5, 5.41) is 0. The molecule has 0 aromatic carbocycles. The van der Waals surface area contributed by atoms with Gasteiger partial charge in [0, 0.05) is 0 Å². The van der Waals surface area contributed by atoms with Gasteiger partial charge in [0.15, 0.2) is 0 Å². The van der Waals surface area contributed by atoms with Crippen LogP contribution in [0, 0.1) is 0 Å². The molecule has 0 saturated heterocycles. The van der Waals surface area contributed by atoms with E-state index in [0.29, 0.717) is 0 Å². The summed E-state index contributed by atoms with van der Waals surface area (Å²) in [7, 11) is 0. The topological polar surface area (TPSA) is 12.5 Å². The van der Waals surface area contributed by atoms with Crippen molar-refractivity contribution in [2.24, 2.45) is 0 Å². The third-order valence-corrected chi connectivity index (χ3v) is 18.5. The Kier molecular flexibility index (Phi) is 8.40. The molecule has 0 fully saturated rings. The van der Waals surface area contributed by atoms with Gasteiger partial charge in [0.2, 0.25) is 0 Å². The van der Waals surface area contributed by atoms with E-state index in [1.54, 1.807) is 0 Å². The van der Waals surface area contributed by atoms with Crippen LogP contribution < -0.4 is 0 Å². The van der Waals surface area contributed by atoms with Gasteiger partial charge < -0.3 is 0 Å². The molecule has 2 nitrogen and oxygen atoms in total. The summed E-state index contributed by atoms with van der Waals surface area (Å²) in [5.74, 6) is 0. The normalized spacial score (nSPS) is 15.6. The number of rotatable bonds is 10. The summed E-state index contributed by atoms with van der Waals surface area (Å²) in [6.45, 7) is 7.76. The van der Waals surface area contributed by atoms with Crippen molar-refractivity contribution in [2.45, 2.75) is 72.6 Å². The first kappa shape index (κ1) is 16.4. The Morgan fingerprint density at radius 3 is 1.78 bits per heavy atom. The standard InChI is InChI=1S/3C4H9.C3H4NO.Sn/c3*1-3-4-2;1-2-4-5-3-1;/h3*1,3-4H2,2H3;1-2H,3H2;/q;;;-1;+1. The van der Waals surface area contributed by atoms with Gasteiger partial charge in [-0.3, -0.25) is 0 Å². The fourth-order valence-electron chi connectivity index (χ4n) is 2.82. The molecule has 0 spiro atoms. The van der Waals surface area contributed by atoms with Gasteiger partial charge in [-0.25, -0.2) is 0 Å². The molecule has 0 N–H and O–H groups in total. The molecule has 0 unspecified atom stereocenters. The van der Waals surface area contributed by atoms with E-state index >= 15 is 0 Å². The fraction of sp³-hybridized carbons (Fsp3) is 0.867. The summed E-state index contributed by atoms with van der Waals surface area (Å²) in [6, 6.07) is 0. The minimum absolute atomic E-state index is 0.809. The molecule has 106 valence electrons. The van der Waals surface area contributed by atoms with Gasteiger partial charge in [0.05, 0.1) is 0 Å². The molecule has 0 aliphatic carbocycles. The van der Waals surface area contributed by atoms with E-state index in [9.17, 15) is 0 Å². The second-order valence-electron chi connectivity index (χ2n) is 5.54. The van der Waals surface area contributed by atoms with E-state index in [4.69, 9.17) is 4.84 Å². The van der Waals surface area contributed by atoms with Crippen LogP contribution in [0.3, 0.4) is 0 Å². The molecular weight excluding hydrogens is 329 g/mol. The van der Waals surface area contributed by atoms with Crippen molar-refractivity contribution < 1.29 is 4.84 Å². The summed E-state index contributed by atoms with van der Waals surface area (Å²) in [5.41, 5.74) is 0. The van der Waals surface area contributed by atoms with Crippen LogP contribution in [0.4, 0.5) is 0 Å². The maximum atomic E-state index is 5.93. The van der Waals surface area contributed by atoms with E-state index in [2.05, 4.69) is 36.3 Å². The van der Waals surface area contributed by atoms with Crippen molar-refractivity contribution in [3.63, 3.8) is 0 Å². The first-order chi connectivity index (χ1) is 8.79. The molecule has 0 saturated carbocycles. The summed E-state index contributed by atoms with van der Waals surface area (Å²) in [6.07, 6.45) is 12.6. The Balaban J connectivity index is 2.72. The summed E-state index contributed by atoms with van der Waals surface area (Å²) < 4.78 is 6.84. The van der Waals surface area contributed by atoms with Crippen molar-refractivity contribution in [2.75, 3.05) is 6.61 Å². The molecule has 0 amide bonds. The van der Waals surface area contributed by atoms with Crippen LogP contribution in [0.15, 0.2) is 12.3 Å². The number of hydrogen-bond acceptors (Lipinski definition) is 2. The Labute approximate surface area is 118 Å². The molecule has 0 aromatic rings. The monoisotopic (exact) mass is 361 g/mol. The Morgan fingerprint density at radius 2 is 1.44 bits per heavy atom. The zero-order chi connectivity index (χ0) is 13.3. The maximum absolute atomic E-state index is 5.93. The number of nitrogens with zero attached hydrogens (tertiary/aromatic N) is 1. The van der Waals surface area contributed by atoms with Gasteiger partial charge in [-0.05, 0) is 0 Å². The number of unbranched alkanes of at least 4 members (excludes halogenated alkanes) is 3. The summed E-state index contributed by atoms with van der Waals surface area (Å²) >= 11 is -2.25. The van der Waals surface area contributed by atoms with Gasteiger partial charge in [-0.15, -0.1) is 0 Å². The van der Waals surface area contributed by atoms with Crippen molar-refractivity contribution in [3.05, 3.63) is 12.3 Å². The fourth-order valence-corrected chi connectivity index (χ4v) is 17.7. The first-order valence-corrected chi connectivity index (χ1v) is 15.2. The molecule has 3 heteroatoms. The van der Waals surface area contributed by atoms with E-state index in [0.717, 1.165) is 6.61 Å². The SMILES string of the molecule is CCC[CH2][Sn]([CH2]CCC)([CH2]CCC)[N]1C=CCO1. The molecule has 0 atom stereocenters. The van der Waals surface area contributed by atoms with Crippen LogP contribution in [-0.2, 0) is 4.84 Å². The Hall–Kier alpha value is 0.299. The van der Waals surface area contributed by atoms with Crippen LogP contribution in [0.2, 0.25) is 13.3 Å². The first-order valence-electron chi connectivity index (χ1n) is 7.88. The average molecular weight is 360 g/mol. The molecule has 0 bridgehead atoms. The van der Waals surface area contributed by atoms with Crippen LogP contribution in [0.1, 0.15) is 59.3 Å². The number of hydrogen-bond donors (Lipinski definition) is 0. The average Bonchev–Trinajstić information content (AvgIpc) is 2.93. The second-order valence-corrected chi connectivity index (χ2v) is 18.1. The van der Waals surface area contributed by atoms with Gasteiger partial charge >= 0.3 is 118 Å². The van der Waals surface area contributed by atoms with Crippen LogP contribution in [0.5, 0.6) is 0 Å². The third-order valence-electron chi connectivity index (χ3n) is 4.01. The van der Waals surface area contributed by atoms with E-state index in [-0.39, 0.29) is 0 Å². The molecule has 0 aromatic heterocycles. The van der Waals surface area contributed by atoms with Crippen molar-refractivity contribution in [1.29, 1.82) is 0 Å². The molecule has 1 aliphatic rings. The molecule has 18 heavy (non-hydrogen) atoms. The molecule has 1 aliphatic heterocycles. The van der Waals surface area contributed by atoms with Gasteiger partial charge in [0.1, 0.15) is 0 Å². The van der Waals surface area contributed by atoms with Crippen LogP contribution in [0.25, 0.3) is 0 Å². The number of hydroxylamine groups is 1. The zero-order valence-corrected chi connectivity index (χ0v) is 15.4. The molecular formula is C15H31NOSn.